The van der Waals surface area contributed by atoms with Crippen molar-refractivity contribution in [1.82, 2.24) is 14.9 Å². The Morgan fingerprint density at radius 3 is 2.49 bits per heavy atom. The summed E-state index contributed by atoms with van der Waals surface area (Å²) in [6, 6.07) is 2.81. The number of aromatic nitrogens is 2. The summed E-state index contributed by atoms with van der Waals surface area (Å²) in [7, 11) is 0. The van der Waals surface area contributed by atoms with Crippen LogP contribution in [0.2, 0.25) is 0 Å². The lowest BCUT2D eigenvalue weighted by Crippen LogP contribution is -2.79. The molecule has 2 aromatic rings. The number of alkyl halides is 6. The van der Waals surface area contributed by atoms with E-state index in [4.69, 9.17) is 4.74 Å². The van der Waals surface area contributed by atoms with Gasteiger partial charge in [0.1, 0.15) is 5.75 Å². The first-order valence-corrected chi connectivity index (χ1v) is 11.9. The summed E-state index contributed by atoms with van der Waals surface area (Å²) in [6.07, 6.45) is -6.51. The quantitative estimate of drug-likeness (QED) is 0.562. The van der Waals surface area contributed by atoms with Gasteiger partial charge in [0.2, 0.25) is 0 Å². The molecule has 200 valence electrons. The standard InChI is InChI=1S/C24H23F6N3O4/c25-23(26,27)13-1-2-18-15(5-13)17(34)6-19(36-18)20(35)32-21-8-22(9-21,10-21)33-7-16(31-11-33)12-3-14(4-12)37-24(28,29)30/h1-2,5,7,11-12,14,17,19,34H,3-4,6,8-10H2,(H,32,35)/t12?,14?,17-,19-,21?,22?/m1/s1. The van der Waals surface area contributed by atoms with Crippen LogP contribution in [0.1, 0.15) is 67.4 Å². The van der Waals surface area contributed by atoms with E-state index in [2.05, 4.69) is 15.0 Å². The Morgan fingerprint density at radius 2 is 1.84 bits per heavy atom. The van der Waals surface area contributed by atoms with Gasteiger partial charge in [-0.1, -0.05) is 0 Å². The summed E-state index contributed by atoms with van der Waals surface area (Å²) < 4.78 is 87.5. The Morgan fingerprint density at radius 1 is 1.14 bits per heavy atom. The number of aliphatic hydroxyl groups excluding tert-OH is 1. The molecule has 2 N–H and O–H groups in total. The Hall–Kier alpha value is -2.80. The van der Waals surface area contributed by atoms with E-state index in [1.807, 2.05) is 10.8 Å². The molecule has 0 unspecified atom stereocenters. The molecular weight excluding hydrogens is 508 g/mol. The van der Waals surface area contributed by atoms with Crippen molar-refractivity contribution in [3.63, 3.8) is 0 Å². The number of amides is 1. The lowest BCUT2D eigenvalue weighted by Gasteiger charge is -2.70. The lowest BCUT2D eigenvalue weighted by molar-refractivity contribution is -0.351. The highest BCUT2D eigenvalue weighted by Gasteiger charge is 2.70. The minimum absolute atomic E-state index is 0.00186. The van der Waals surface area contributed by atoms with Crippen LogP contribution in [-0.4, -0.2) is 44.7 Å². The van der Waals surface area contributed by atoms with Crippen molar-refractivity contribution < 1.29 is 45.7 Å². The molecular formula is C24H23F6N3O4. The van der Waals surface area contributed by atoms with E-state index in [1.165, 1.54) is 0 Å². The number of carbonyl (C=O) groups excluding carboxylic acids is 1. The summed E-state index contributed by atoms with van der Waals surface area (Å²) in [4.78, 5) is 17.3. The fraction of sp³-hybridized carbons (Fsp3) is 0.583. The predicted octanol–water partition coefficient (Wildman–Crippen LogP) is 4.32. The smallest absolute Gasteiger partial charge is 0.480 e. The summed E-state index contributed by atoms with van der Waals surface area (Å²) in [5, 5.41) is 13.4. The van der Waals surface area contributed by atoms with Crippen LogP contribution in [0.25, 0.3) is 0 Å². The van der Waals surface area contributed by atoms with Gasteiger partial charge in [-0.15, -0.1) is 13.2 Å². The van der Waals surface area contributed by atoms with Gasteiger partial charge in [-0.2, -0.15) is 13.2 Å². The van der Waals surface area contributed by atoms with E-state index in [-0.39, 0.29) is 42.0 Å². The summed E-state index contributed by atoms with van der Waals surface area (Å²) in [5.41, 5.74) is -0.815. The number of aliphatic hydroxyl groups is 1. The van der Waals surface area contributed by atoms with Gasteiger partial charge in [0.25, 0.3) is 5.91 Å². The van der Waals surface area contributed by atoms with E-state index < -0.39 is 47.9 Å². The monoisotopic (exact) mass is 531 g/mol. The molecule has 4 saturated carbocycles. The minimum Gasteiger partial charge on any atom is -0.480 e. The van der Waals surface area contributed by atoms with Crippen molar-refractivity contribution in [3.05, 3.63) is 47.5 Å². The number of hydrogen-bond acceptors (Lipinski definition) is 5. The van der Waals surface area contributed by atoms with Crippen molar-refractivity contribution in [3.8, 4) is 5.75 Å². The number of imidazole rings is 1. The van der Waals surface area contributed by atoms with Gasteiger partial charge in [0, 0.05) is 29.6 Å². The number of hydrogen-bond donors (Lipinski definition) is 2. The molecule has 1 aromatic carbocycles. The topological polar surface area (TPSA) is 85.6 Å². The molecule has 2 atom stereocenters. The fourth-order valence-corrected chi connectivity index (χ4v) is 6.17. The average Bonchev–Trinajstić information content (AvgIpc) is 3.19. The van der Waals surface area contributed by atoms with Crippen LogP contribution in [0.15, 0.2) is 30.7 Å². The molecule has 2 heterocycles. The normalized spacial score (nSPS) is 34.4. The third kappa shape index (κ3) is 4.25. The Labute approximate surface area is 206 Å². The summed E-state index contributed by atoms with van der Waals surface area (Å²) in [6.45, 7) is 0. The van der Waals surface area contributed by atoms with Crippen LogP contribution in [-0.2, 0) is 21.2 Å². The van der Waals surface area contributed by atoms with Gasteiger partial charge in [-0.25, -0.2) is 4.98 Å². The van der Waals surface area contributed by atoms with Crippen molar-refractivity contribution in [2.75, 3.05) is 0 Å². The number of rotatable bonds is 5. The molecule has 1 aromatic heterocycles. The summed E-state index contributed by atoms with van der Waals surface area (Å²) in [5.74, 6) is -0.472. The third-order valence-corrected chi connectivity index (χ3v) is 8.05. The van der Waals surface area contributed by atoms with Gasteiger partial charge < -0.3 is 19.7 Å². The highest BCUT2D eigenvalue weighted by molar-refractivity contribution is 5.83. The van der Waals surface area contributed by atoms with Crippen molar-refractivity contribution in [2.45, 2.75) is 86.4 Å². The van der Waals surface area contributed by atoms with Crippen LogP contribution >= 0.6 is 0 Å². The molecule has 37 heavy (non-hydrogen) atoms. The molecule has 4 aliphatic carbocycles. The maximum absolute atomic E-state index is 13.0. The second-order valence-electron chi connectivity index (χ2n) is 10.7. The molecule has 0 saturated heterocycles. The fourth-order valence-electron chi connectivity index (χ4n) is 6.17. The van der Waals surface area contributed by atoms with E-state index in [0.717, 1.165) is 23.9 Å². The third-order valence-electron chi connectivity index (χ3n) is 8.05. The molecule has 1 aliphatic heterocycles. The number of carbonyl (C=O) groups is 1. The zero-order valence-electron chi connectivity index (χ0n) is 19.3. The molecule has 5 aliphatic rings. The maximum atomic E-state index is 13.0. The predicted molar refractivity (Wildman–Crippen MR) is 113 cm³/mol. The second-order valence-corrected chi connectivity index (χ2v) is 10.7. The van der Waals surface area contributed by atoms with Crippen LogP contribution in [0.4, 0.5) is 26.3 Å². The van der Waals surface area contributed by atoms with Gasteiger partial charge in [0.05, 0.1) is 35.3 Å². The number of ether oxygens (including phenoxy) is 2. The Bertz CT molecular complexity index is 1220. The first-order valence-electron chi connectivity index (χ1n) is 11.9. The van der Waals surface area contributed by atoms with Crippen molar-refractivity contribution >= 4 is 5.91 Å². The SMILES string of the molecule is O=C(NC12CC(n3cnc(C4CC(OC(F)(F)F)C4)c3)(C1)C2)[C@H]1C[C@@H](O)c2cc(C(F)(F)F)ccc2O1. The minimum atomic E-state index is -4.64. The largest absolute Gasteiger partial charge is 0.522 e. The molecule has 13 heteroatoms. The average molecular weight is 531 g/mol. The van der Waals surface area contributed by atoms with Crippen LogP contribution in [0.5, 0.6) is 5.75 Å². The highest BCUT2D eigenvalue weighted by atomic mass is 19.4. The number of benzene rings is 1. The number of fused-ring (bicyclic) bond motifs is 1. The zero-order valence-corrected chi connectivity index (χ0v) is 19.3. The van der Waals surface area contributed by atoms with Crippen LogP contribution in [0, 0.1) is 0 Å². The van der Waals surface area contributed by atoms with Gasteiger partial charge in [-0.05, 0) is 50.3 Å². The van der Waals surface area contributed by atoms with E-state index in [0.29, 0.717) is 19.3 Å². The number of halogens is 6. The highest BCUT2D eigenvalue weighted by Crippen LogP contribution is 2.65. The molecule has 7 rings (SSSR count). The molecule has 0 spiro atoms. The first-order chi connectivity index (χ1) is 17.2. The van der Waals surface area contributed by atoms with E-state index in [1.54, 1.807) is 6.33 Å². The lowest BCUT2D eigenvalue weighted by atomic mass is 9.44. The number of nitrogens with one attached hydrogen (secondary N) is 1. The number of nitrogens with zero attached hydrogens (tertiary/aromatic N) is 2. The summed E-state index contributed by atoms with van der Waals surface area (Å²) >= 11 is 0. The zero-order chi connectivity index (χ0) is 26.4. The Balaban J connectivity index is 1.03. The van der Waals surface area contributed by atoms with Crippen molar-refractivity contribution in [1.29, 1.82) is 0 Å². The van der Waals surface area contributed by atoms with E-state index in [9.17, 15) is 36.2 Å². The van der Waals surface area contributed by atoms with Gasteiger partial charge >= 0.3 is 12.5 Å². The molecule has 4 fully saturated rings. The molecule has 1 amide bonds. The van der Waals surface area contributed by atoms with Gasteiger partial charge in [-0.3, -0.25) is 9.53 Å². The first kappa shape index (κ1) is 24.5. The van der Waals surface area contributed by atoms with Crippen LogP contribution < -0.4 is 10.1 Å². The molecule has 0 radical (unpaired) electrons. The van der Waals surface area contributed by atoms with Crippen molar-refractivity contribution in [2.24, 2.45) is 0 Å². The van der Waals surface area contributed by atoms with E-state index >= 15 is 0 Å². The van der Waals surface area contributed by atoms with Gasteiger partial charge in [0.15, 0.2) is 6.10 Å². The van der Waals surface area contributed by atoms with Crippen LogP contribution in [0.3, 0.4) is 0 Å². The second kappa shape index (κ2) is 7.85. The maximum Gasteiger partial charge on any atom is 0.522 e. The molecule has 7 nitrogen and oxygen atoms in total. The Kier molecular flexibility index (Phi) is 5.21. The molecule has 2 bridgehead atoms.